The highest BCUT2D eigenvalue weighted by atomic mass is 19.4. The molecule has 3 N–H and O–H groups in total. The van der Waals surface area contributed by atoms with Crippen LogP contribution in [0, 0.1) is 0 Å². The second kappa shape index (κ2) is 10.9. The fraction of sp³-hybridized carbons (Fsp3) is 0.296. The fourth-order valence-corrected chi connectivity index (χ4v) is 4.64. The highest BCUT2D eigenvalue weighted by Gasteiger charge is 2.32. The first-order valence-electron chi connectivity index (χ1n) is 12.4. The Bertz CT molecular complexity index is 1570. The zero-order valence-corrected chi connectivity index (χ0v) is 21.0. The number of hydrogen-bond acceptors (Lipinski definition) is 8. The number of fused-ring (bicyclic) bond motifs is 1. The van der Waals surface area contributed by atoms with Crippen LogP contribution >= 0.6 is 0 Å². The lowest BCUT2D eigenvalue weighted by Gasteiger charge is -2.17. The summed E-state index contributed by atoms with van der Waals surface area (Å²) < 4.78 is 54.4. The Morgan fingerprint density at radius 3 is 2.62 bits per heavy atom. The van der Waals surface area contributed by atoms with Gasteiger partial charge in [-0.3, -0.25) is 9.36 Å². The number of imidazole rings is 1. The number of anilines is 1. The van der Waals surface area contributed by atoms with Gasteiger partial charge in [0.2, 0.25) is 0 Å². The van der Waals surface area contributed by atoms with Crippen molar-refractivity contribution in [2.45, 2.75) is 44.2 Å². The lowest BCUT2D eigenvalue weighted by Crippen LogP contribution is -2.19. The smallest absolute Gasteiger partial charge is 0.416 e. The van der Waals surface area contributed by atoms with Crippen LogP contribution in [-0.2, 0) is 17.3 Å². The molecule has 40 heavy (non-hydrogen) atoms. The minimum Gasteiger partial charge on any atom is -0.491 e. The van der Waals surface area contributed by atoms with Gasteiger partial charge in [-0.2, -0.15) is 13.2 Å². The molecule has 10 nitrogen and oxygen atoms in total. The number of ketones is 1. The molecule has 0 bridgehead atoms. The number of carboxylic acids is 1. The summed E-state index contributed by atoms with van der Waals surface area (Å²) in [7, 11) is 0. The standard InChI is InChI=1S/C27H24F3N5O5/c28-27(29,30)16-9-15(5-7-21(36)19-3-1-2-4-20(19)26(37)38)10-18(11-16)39-12-17-6-8-22(40-17)35-14-34-23-24(31)32-13-33-25(23)35/h1-4,9-11,13-14,17,22H,5-8,12H2,(H,37,38)(H2,31,32,33). The average Bonchev–Trinajstić information content (AvgIpc) is 3.58. The third-order valence-corrected chi connectivity index (χ3v) is 6.61. The summed E-state index contributed by atoms with van der Waals surface area (Å²) in [6.45, 7) is 0.00587. The monoisotopic (exact) mass is 555 g/mol. The maximum absolute atomic E-state index is 13.6. The largest absolute Gasteiger partial charge is 0.491 e. The molecule has 208 valence electrons. The summed E-state index contributed by atoms with van der Waals surface area (Å²) in [6.07, 6.45) is -1.55. The Kier molecular flexibility index (Phi) is 7.39. The Balaban J connectivity index is 1.26. The van der Waals surface area contributed by atoms with Crippen LogP contribution in [0.25, 0.3) is 11.2 Å². The van der Waals surface area contributed by atoms with E-state index < -0.39 is 35.8 Å². The van der Waals surface area contributed by atoms with Gasteiger partial charge >= 0.3 is 12.1 Å². The normalized spacial score (nSPS) is 17.3. The molecule has 3 heterocycles. The first-order chi connectivity index (χ1) is 19.1. The van der Waals surface area contributed by atoms with E-state index in [1.807, 2.05) is 0 Å². The second-order valence-corrected chi connectivity index (χ2v) is 9.32. The third-order valence-electron chi connectivity index (χ3n) is 6.61. The molecule has 2 unspecified atom stereocenters. The molecule has 0 amide bonds. The number of aromatic nitrogens is 4. The number of carbonyl (C=O) groups excluding carboxylic acids is 1. The van der Waals surface area contributed by atoms with Crippen molar-refractivity contribution in [2.75, 3.05) is 12.3 Å². The van der Waals surface area contributed by atoms with Gasteiger partial charge in [0.1, 0.15) is 30.4 Å². The highest BCUT2D eigenvalue weighted by molar-refractivity contribution is 6.05. The zero-order valence-electron chi connectivity index (χ0n) is 21.0. The van der Waals surface area contributed by atoms with E-state index >= 15 is 0 Å². The van der Waals surface area contributed by atoms with Crippen LogP contribution in [0.5, 0.6) is 5.75 Å². The quantitative estimate of drug-likeness (QED) is 0.281. The molecule has 0 spiro atoms. The van der Waals surface area contributed by atoms with Crippen LogP contribution in [0.4, 0.5) is 19.0 Å². The number of carbonyl (C=O) groups is 2. The number of carboxylic acid groups (broad SMARTS) is 1. The Hall–Kier alpha value is -4.52. The summed E-state index contributed by atoms with van der Waals surface area (Å²) in [5.41, 5.74) is 5.98. The number of Topliss-reactive ketones (excluding diaryl/α,β-unsaturated/α-hetero) is 1. The number of alkyl halides is 3. The van der Waals surface area contributed by atoms with Crippen molar-refractivity contribution in [1.29, 1.82) is 0 Å². The Labute approximate surface area is 225 Å². The van der Waals surface area contributed by atoms with Gasteiger partial charge in [0.15, 0.2) is 17.2 Å². The molecule has 2 aromatic heterocycles. The fourth-order valence-electron chi connectivity index (χ4n) is 4.64. The van der Waals surface area contributed by atoms with Gasteiger partial charge in [-0.1, -0.05) is 18.2 Å². The number of benzene rings is 2. The first-order valence-corrected chi connectivity index (χ1v) is 12.4. The number of nitrogens with zero attached hydrogens (tertiary/aromatic N) is 4. The first kappa shape index (κ1) is 27.1. The van der Waals surface area contributed by atoms with Gasteiger partial charge in [0.05, 0.1) is 23.6 Å². The topological polar surface area (TPSA) is 142 Å². The predicted octanol–water partition coefficient (Wildman–Crippen LogP) is 4.70. The predicted molar refractivity (Wildman–Crippen MR) is 136 cm³/mol. The van der Waals surface area contributed by atoms with Crippen molar-refractivity contribution >= 4 is 28.7 Å². The van der Waals surface area contributed by atoms with Crippen LogP contribution in [0.3, 0.4) is 0 Å². The van der Waals surface area contributed by atoms with Crippen LogP contribution < -0.4 is 10.5 Å². The SMILES string of the molecule is Nc1ncnc2c1ncn2C1CCC(COc2cc(CCC(=O)c3ccccc3C(=O)O)cc(C(F)(F)F)c2)O1. The highest BCUT2D eigenvalue weighted by Crippen LogP contribution is 2.35. The summed E-state index contributed by atoms with van der Waals surface area (Å²) in [6, 6.07) is 9.03. The third kappa shape index (κ3) is 5.73. The van der Waals surface area contributed by atoms with Crippen molar-refractivity contribution in [1.82, 2.24) is 19.5 Å². The molecule has 0 radical (unpaired) electrons. The van der Waals surface area contributed by atoms with E-state index in [4.69, 9.17) is 15.2 Å². The molecular weight excluding hydrogens is 531 g/mol. The molecular formula is C27H24F3N5O5. The van der Waals surface area contributed by atoms with Gasteiger partial charge in [-0.05, 0) is 49.1 Å². The van der Waals surface area contributed by atoms with E-state index in [0.717, 1.165) is 12.1 Å². The molecule has 13 heteroatoms. The van der Waals surface area contributed by atoms with E-state index in [2.05, 4.69) is 15.0 Å². The van der Waals surface area contributed by atoms with Gasteiger partial charge < -0.3 is 20.3 Å². The number of aromatic carboxylic acids is 1. The number of nitrogens with two attached hydrogens (primary N) is 1. The Morgan fingerprint density at radius 1 is 1.10 bits per heavy atom. The van der Waals surface area contributed by atoms with Crippen molar-refractivity contribution in [3.05, 3.63) is 77.4 Å². The lowest BCUT2D eigenvalue weighted by atomic mass is 9.97. The summed E-state index contributed by atoms with van der Waals surface area (Å²) >= 11 is 0. The van der Waals surface area contributed by atoms with Gasteiger partial charge in [-0.15, -0.1) is 0 Å². The van der Waals surface area contributed by atoms with Crippen LogP contribution in [0.15, 0.2) is 55.1 Å². The minimum atomic E-state index is -4.63. The maximum atomic E-state index is 13.6. The van der Waals surface area contributed by atoms with E-state index in [9.17, 15) is 27.9 Å². The molecule has 1 fully saturated rings. The summed E-state index contributed by atoms with van der Waals surface area (Å²) in [5, 5.41) is 9.32. The molecule has 2 atom stereocenters. The van der Waals surface area contributed by atoms with E-state index in [1.165, 1.54) is 36.7 Å². The maximum Gasteiger partial charge on any atom is 0.416 e. The summed E-state index contributed by atoms with van der Waals surface area (Å²) in [5.74, 6) is -1.50. The molecule has 1 saturated heterocycles. The molecule has 4 aromatic rings. The van der Waals surface area contributed by atoms with E-state index in [0.29, 0.717) is 24.0 Å². The number of halogens is 3. The molecule has 1 aliphatic rings. The second-order valence-electron chi connectivity index (χ2n) is 9.32. The van der Waals surface area contributed by atoms with Crippen molar-refractivity contribution < 1.29 is 37.3 Å². The van der Waals surface area contributed by atoms with Crippen molar-refractivity contribution in [3.63, 3.8) is 0 Å². The molecule has 1 aliphatic heterocycles. The van der Waals surface area contributed by atoms with Gasteiger partial charge in [-0.25, -0.2) is 19.7 Å². The zero-order chi connectivity index (χ0) is 28.4. The van der Waals surface area contributed by atoms with Crippen molar-refractivity contribution in [2.24, 2.45) is 0 Å². The average molecular weight is 556 g/mol. The van der Waals surface area contributed by atoms with E-state index in [-0.39, 0.29) is 47.7 Å². The molecule has 0 aliphatic carbocycles. The Morgan fingerprint density at radius 2 is 1.88 bits per heavy atom. The van der Waals surface area contributed by atoms with Crippen LogP contribution in [-0.4, -0.2) is 49.1 Å². The number of hydrogen-bond donors (Lipinski definition) is 2. The molecule has 2 aromatic carbocycles. The number of aryl methyl sites for hydroxylation is 1. The van der Waals surface area contributed by atoms with Crippen LogP contribution in [0.2, 0.25) is 0 Å². The molecule has 0 saturated carbocycles. The van der Waals surface area contributed by atoms with Gasteiger partial charge in [0.25, 0.3) is 0 Å². The number of nitrogen functional groups attached to an aromatic ring is 1. The van der Waals surface area contributed by atoms with Crippen molar-refractivity contribution in [3.8, 4) is 5.75 Å². The van der Waals surface area contributed by atoms with Gasteiger partial charge in [0, 0.05) is 12.0 Å². The summed E-state index contributed by atoms with van der Waals surface area (Å²) in [4.78, 5) is 36.5. The lowest BCUT2D eigenvalue weighted by molar-refractivity contribution is -0.137. The van der Waals surface area contributed by atoms with E-state index in [1.54, 1.807) is 10.9 Å². The number of ether oxygens (including phenoxy) is 2. The number of rotatable bonds is 9. The minimum absolute atomic E-state index is 0.00575. The molecule has 5 rings (SSSR count). The van der Waals surface area contributed by atoms with Crippen LogP contribution in [0.1, 0.15) is 57.3 Å².